The van der Waals surface area contributed by atoms with E-state index in [0.717, 1.165) is 12.1 Å². The van der Waals surface area contributed by atoms with Crippen molar-refractivity contribution in [1.82, 2.24) is 0 Å². The Hall–Kier alpha value is -4.20. The molecule has 3 aromatic rings. The second-order valence-corrected chi connectivity index (χ2v) is 6.18. The van der Waals surface area contributed by atoms with Crippen molar-refractivity contribution in [2.75, 3.05) is 5.32 Å². The van der Waals surface area contributed by atoms with Gasteiger partial charge in [0, 0.05) is 22.9 Å². The molecule has 8 heteroatoms. The van der Waals surface area contributed by atoms with Gasteiger partial charge in [-0.3, -0.25) is 19.7 Å². The first-order chi connectivity index (χ1) is 13.4. The fraction of sp³-hybridized carbons (Fsp3) is 0. The standard InChI is InChI=1S/C20H12N2O6/c23-14-7-6-12-17(18(14)21-10-4-2-1-3-5-10)20(26)13-8-11(22(27)28)9-15(24)16(13)19(12)25/h1-9,21,23-24H. The first kappa shape index (κ1) is 17.2. The van der Waals surface area contributed by atoms with E-state index >= 15 is 0 Å². The molecule has 0 bridgehead atoms. The van der Waals surface area contributed by atoms with Crippen molar-refractivity contribution in [2.24, 2.45) is 0 Å². The van der Waals surface area contributed by atoms with E-state index in [1.54, 1.807) is 30.3 Å². The lowest BCUT2D eigenvalue weighted by molar-refractivity contribution is -0.385. The number of para-hydroxylation sites is 1. The summed E-state index contributed by atoms with van der Waals surface area (Å²) in [5.74, 6) is -2.27. The number of phenolic OH excluding ortho intramolecular Hbond substituents is 2. The van der Waals surface area contributed by atoms with Gasteiger partial charge in [-0.1, -0.05) is 18.2 Å². The number of nitro groups is 1. The Labute approximate surface area is 157 Å². The monoisotopic (exact) mass is 376 g/mol. The van der Waals surface area contributed by atoms with Crippen LogP contribution in [-0.4, -0.2) is 26.7 Å². The molecule has 28 heavy (non-hydrogen) atoms. The minimum atomic E-state index is -0.765. The van der Waals surface area contributed by atoms with E-state index in [1.165, 1.54) is 12.1 Å². The average Bonchev–Trinajstić information content (AvgIpc) is 2.67. The second-order valence-electron chi connectivity index (χ2n) is 6.18. The van der Waals surface area contributed by atoms with Gasteiger partial charge < -0.3 is 15.5 Å². The largest absolute Gasteiger partial charge is 0.507 e. The molecule has 1 aliphatic carbocycles. The summed E-state index contributed by atoms with van der Waals surface area (Å²) in [5.41, 5.74) is -0.638. The summed E-state index contributed by atoms with van der Waals surface area (Å²) in [6.45, 7) is 0. The van der Waals surface area contributed by atoms with E-state index in [2.05, 4.69) is 5.32 Å². The molecule has 0 unspecified atom stereocenters. The molecule has 3 aromatic carbocycles. The smallest absolute Gasteiger partial charge is 0.273 e. The van der Waals surface area contributed by atoms with Crippen molar-refractivity contribution in [3.63, 3.8) is 0 Å². The number of nitro benzene ring substituents is 1. The highest BCUT2D eigenvalue weighted by molar-refractivity contribution is 6.31. The molecule has 0 aliphatic heterocycles. The maximum Gasteiger partial charge on any atom is 0.273 e. The number of fused-ring (bicyclic) bond motifs is 2. The molecular formula is C20H12N2O6. The number of nitrogens with zero attached hydrogens (tertiary/aromatic N) is 1. The number of aromatic hydroxyl groups is 2. The average molecular weight is 376 g/mol. The zero-order valence-corrected chi connectivity index (χ0v) is 14.2. The summed E-state index contributed by atoms with van der Waals surface area (Å²) in [6.07, 6.45) is 0. The van der Waals surface area contributed by atoms with Crippen LogP contribution in [-0.2, 0) is 0 Å². The first-order valence-corrected chi connectivity index (χ1v) is 8.17. The molecule has 0 atom stereocenters. The van der Waals surface area contributed by atoms with Crippen molar-refractivity contribution in [1.29, 1.82) is 0 Å². The number of hydrogen-bond donors (Lipinski definition) is 3. The Kier molecular flexibility index (Phi) is 3.82. The highest BCUT2D eigenvalue weighted by atomic mass is 16.6. The van der Waals surface area contributed by atoms with Crippen molar-refractivity contribution in [3.05, 3.63) is 87.0 Å². The number of nitrogens with one attached hydrogen (secondary N) is 1. The maximum absolute atomic E-state index is 13.1. The van der Waals surface area contributed by atoms with Crippen molar-refractivity contribution in [2.45, 2.75) is 0 Å². The third kappa shape index (κ3) is 2.55. The fourth-order valence-electron chi connectivity index (χ4n) is 3.21. The minimum absolute atomic E-state index is 0.0127. The summed E-state index contributed by atoms with van der Waals surface area (Å²) in [6, 6.07) is 13.0. The molecule has 3 N–H and O–H groups in total. The number of ketones is 2. The Balaban J connectivity index is 1.94. The highest BCUT2D eigenvalue weighted by Crippen LogP contribution is 2.41. The van der Waals surface area contributed by atoms with E-state index in [0.29, 0.717) is 5.69 Å². The van der Waals surface area contributed by atoms with Crippen LogP contribution in [0.25, 0.3) is 0 Å². The van der Waals surface area contributed by atoms with E-state index in [4.69, 9.17) is 0 Å². The van der Waals surface area contributed by atoms with Crippen LogP contribution >= 0.6 is 0 Å². The predicted octanol–water partition coefficient (Wildman–Crippen LogP) is 3.53. The Morgan fingerprint density at radius 2 is 1.50 bits per heavy atom. The second kappa shape index (κ2) is 6.20. The molecule has 4 rings (SSSR count). The van der Waals surface area contributed by atoms with Gasteiger partial charge in [0.15, 0.2) is 11.6 Å². The SMILES string of the molecule is O=C1c2ccc(O)c(Nc3ccccc3)c2C(=O)c2cc([N+](=O)[O-])cc(O)c21. The minimum Gasteiger partial charge on any atom is -0.507 e. The molecule has 0 saturated heterocycles. The number of anilines is 2. The van der Waals surface area contributed by atoms with Crippen molar-refractivity contribution >= 4 is 28.6 Å². The van der Waals surface area contributed by atoms with Gasteiger partial charge in [-0.15, -0.1) is 0 Å². The van der Waals surface area contributed by atoms with Crippen LogP contribution in [0.3, 0.4) is 0 Å². The third-order valence-electron chi connectivity index (χ3n) is 4.48. The van der Waals surface area contributed by atoms with Crippen LogP contribution in [0.1, 0.15) is 31.8 Å². The number of phenols is 2. The van der Waals surface area contributed by atoms with Gasteiger partial charge in [0.25, 0.3) is 5.69 Å². The van der Waals surface area contributed by atoms with E-state index < -0.39 is 27.9 Å². The quantitative estimate of drug-likeness (QED) is 0.283. The van der Waals surface area contributed by atoms with E-state index in [1.807, 2.05) is 0 Å². The van der Waals surface area contributed by atoms with Crippen molar-refractivity contribution in [3.8, 4) is 11.5 Å². The molecule has 0 spiro atoms. The topological polar surface area (TPSA) is 130 Å². The third-order valence-corrected chi connectivity index (χ3v) is 4.48. The molecule has 8 nitrogen and oxygen atoms in total. The van der Waals surface area contributed by atoms with Gasteiger partial charge in [0.05, 0.1) is 27.8 Å². The van der Waals surface area contributed by atoms with Gasteiger partial charge in [0.1, 0.15) is 11.5 Å². The zero-order chi connectivity index (χ0) is 20.0. The zero-order valence-electron chi connectivity index (χ0n) is 14.2. The van der Waals surface area contributed by atoms with Crippen LogP contribution in [0, 0.1) is 10.1 Å². The predicted molar refractivity (Wildman–Crippen MR) is 99.5 cm³/mol. The van der Waals surface area contributed by atoms with Crippen LogP contribution < -0.4 is 5.32 Å². The van der Waals surface area contributed by atoms with Crippen LogP contribution in [0.5, 0.6) is 11.5 Å². The number of non-ortho nitro benzene ring substituents is 1. The molecule has 0 aromatic heterocycles. The van der Waals surface area contributed by atoms with Gasteiger partial charge in [0.2, 0.25) is 0 Å². The van der Waals surface area contributed by atoms with Crippen LogP contribution in [0.15, 0.2) is 54.6 Å². The lowest BCUT2D eigenvalue weighted by Crippen LogP contribution is -2.22. The summed E-state index contributed by atoms with van der Waals surface area (Å²) in [4.78, 5) is 36.3. The molecule has 1 aliphatic rings. The lowest BCUT2D eigenvalue weighted by Gasteiger charge is -2.22. The van der Waals surface area contributed by atoms with Crippen molar-refractivity contribution < 1.29 is 24.7 Å². The van der Waals surface area contributed by atoms with E-state index in [-0.39, 0.29) is 33.7 Å². The van der Waals surface area contributed by atoms with Crippen LogP contribution in [0.2, 0.25) is 0 Å². The van der Waals surface area contributed by atoms with Gasteiger partial charge in [-0.2, -0.15) is 0 Å². The Morgan fingerprint density at radius 3 is 2.18 bits per heavy atom. The molecule has 0 fully saturated rings. The lowest BCUT2D eigenvalue weighted by atomic mass is 9.82. The Morgan fingerprint density at radius 1 is 0.821 bits per heavy atom. The number of hydrogen-bond acceptors (Lipinski definition) is 7. The summed E-state index contributed by atoms with van der Waals surface area (Å²) in [7, 11) is 0. The summed E-state index contributed by atoms with van der Waals surface area (Å²) >= 11 is 0. The molecule has 0 heterocycles. The first-order valence-electron chi connectivity index (χ1n) is 8.17. The number of benzene rings is 3. The number of carbonyl (C=O) groups is 2. The normalized spacial score (nSPS) is 12.3. The number of carbonyl (C=O) groups excluding carboxylic acids is 2. The summed E-state index contributed by atoms with van der Waals surface area (Å²) < 4.78 is 0. The van der Waals surface area contributed by atoms with Gasteiger partial charge >= 0.3 is 0 Å². The fourth-order valence-corrected chi connectivity index (χ4v) is 3.21. The summed E-state index contributed by atoms with van der Waals surface area (Å²) in [5, 5.41) is 34.4. The molecular weight excluding hydrogens is 364 g/mol. The Bertz CT molecular complexity index is 1170. The van der Waals surface area contributed by atoms with Gasteiger partial charge in [-0.05, 0) is 24.3 Å². The maximum atomic E-state index is 13.1. The highest BCUT2D eigenvalue weighted by Gasteiger charge is 2.36. The molecule has 0 amide bonds. The van der Waals surface area contributed by atoms with E-state index in [9.17, 15) is 29.9 Å². The number of rotatable bonds is 3. The molecule has 138 valence electrons. The van der Waals surface area contributed by atoms with Gasteiger partial charge in [-0.25, -0.2) is 0 Å². The molecule has 0 radical (unpaired) electrons. The molecule has 0 saturated carbocycles. The van der Waals surface area contributed by atoms with Crippen LogP contribution in [0.4, 0.5) is 17.1 Å².